The predicted molar refractivity (Wildman–Crippen MR) is 79.0 cm³/mol. The summed E-state index contributed by atoms with van der Waals surface area (Å²) in [6.45, 7) is 0. The molecule has 3 nitrogen and oxygen atoms in total. The van der Waals surface area contributed by atoms with E-state index in [-0.39, 0.29) is 0 Å². The molecule has 19 heavy (non-hydrogen) atoms. The van der Waals surface area contributed by atoms with E-state index in [4.69, 9.17) is 11.6 Å². The third-order valence-corrected chi connectivity index (χ3v) is 3.57. The highest BCUT2D eigenvalue weighted by atomic mass is 79.9. The topological polar surface area (TPSA) is 34.9 Å². The Kier molecular flexibility index (Phi) is 3.12. The van der Waals surface area contributed by atoms with Gasteiger partial charge in [-0.25, -0.2) is 4.98 Å². The zero-order valence-electron chi connectivity index (χ0n) is 9.68. The molecule has 0 atom stereocenters. The number of imidazole rings is 1. The Morgan fingerprint density at radius 2 is 2.05 bits per heavy atom. The second-order valence-corrected chi connectivity index (χ2v) is 5.33. The van der Waals surface area contributed by atoms with E-state index in [0.717, 1.165) is 21.2 Å². The number of carbonyl (C=O) groups is 1. The van der Waals surface area contributed by atoms with Crippen LogP contribution in [0.3, 0.4) is 0 Å². The number of halogens is 2. The third-order valence-electron chi connectivity index (χ3n) is 2.86. The Morgan fingerprint density at radius 3 is 2.79 bits per heavy atom. The number of fused-ring (bicyclic) bond motifs is 1. The van der Waals surface area contributed by atoms with E-state index in [1.54, 1.807) is 18.5 Å². The fourth-order valence-corrected chi connectivity index (χ4v) is 2.47. The van der Waals surface area contributed by atoms with E-state index in [9.17, 15) is 4.79 Å². The summed E-state index contributed by atoms with van der Waals surface area (Å²) in [4.78, 5) is 15.4. The van der Waals surface area contributed by atoms with Gasteiger partial charge in [0.1, 0.15) is 6.33 Å². The predicted octanol–water partition coefficient (Wildman–Crippen LogP) is 4.17. The smallest absolute Gasteiger partial charge is 0.252 e. The molecule has 0 N–H and O–H groups in total. The van der Waals surface area contributed by atoms with Crippen molar-refractivity contribution in [1.29, 1.82) is 0 Å². The summed E-state index contributed by atoms with van der Waals surface area (Å²) in [5.41, 5.74) is 3.13. The molecule has 0 saturated carbocycles. The molecule has 3 aromatic rings. The lowest BCUT2D eigenvalue weighted by molar-refractivity contribution is 0.108. The van der Waals surface area contributed by atoms with Gasteiger partial charge in [0.2, 0.25) is 0 Å². The van der Waals surface area contributed by atoms with E-state index >= 15 is 0 Å². The number of benzene rings is 2. The van der Waals surface area contributed by atoms with Crippen molar-refractivity contribution in [3.8, 4) is 5.69 Å². The molecule has 94 valence electrons. The van der Waals surface area contributed by atoms with Gasteiger partial charge in [0.15, 0.2) is 0 Å². The maximum absolute atomic E-state index is 11.1. The Hall–Kier alpha value is -1.65. The Balaban J connectivity index is 2.18. The lowest BCUT2D eigenvalue weighted by Crippen LogP contribution is -1.92. The van der Waals surface area contributed by atoms with Crippen LogP contribution in [-0.4, -0.2) is 14.8 Å². The van der Waals surface area contributed by atoms with Gasteiger partial charge in [-0.05, 0) is 48.0 Å². The molecule has 0 aliphatic rings. The third kappa shape index (κ3) is 2.29. The highest BCUT2D eigenvalue weighted by Crippen LogP contribution is 2.22. The van der Waals surface area contributed by atoms with Gasteiger partial charge in [0.25, 0.3) is 5.24 Å². The van der Waals surface area contributed by atoms with E-state index in [2.05, 4.69) is 20.9 Å². The molecule has 0 bridgehead atoms. The Morgan fingerprint density at radius 1 is 1.21 bits per heavy atom. The lowest BCUT2D eigenvalue weighted by Gasteiger charge is -2.04. The van der Waals surface area contributed by atoms with E-state index < -0.39 is 5.24 Å². The summed E-state index contributed by atoms with van der Waals surface area (Å²) in [5.74, 6) is 0. The molecule has 2 aromatic carbocycles. The van der Waals surface area contributed by atoms with Crippen molar-refractivity contribution in [3.63, 3.8) is 0 Å². The number of nitrogens with zero attached hydrogens (tertiary/aromatic N) is 2. The molecule has 5 heteroatoms. The summed E-state index contributed by atoms with van der Waals surface area (Å²) < 4.78 is 2.96. The molecule has 0 aliphatic heterocycles. The first kappa shape index (κ1) is 12.4. The second kappa shape index (κ2) is 4.79. The summed E-state index contributed by atoms with van der Waals surface area (Å²) in [5, 5.41) is -0.473. The first-order chi connectivity index (χ1) is 9.15. The van der Waals surface area contributed by atoms with E-state index in [1.165, 1.54) is 0 Å². The zero-order chi connectivity index (χ0) is 13.4. The lowest BCUT2D eigenvalue weighted by atomic mass is 10.2. The molecule has 0 amide bonds. The summed E-state index contributed by atoms with van der Waals surface area (Å²) in [6.07, 6.45) is 1.73. The minimum atomic E-state index is -0.473. The van der Waals surface area contributed by atoms with Gasteiger partial charge in [-0.3, -0.25) is 9.36 Å². The molecule has 1 aromatic heterocycles. The number of hydrogen-bond acceptors (Lipinski definition) is 2. The molecule has 0 unspecified atom stereocenters. The van der Waals surface area contributed by atoms with Crippen LogP contribution in [0.2, 0.25) is 0 Å². The molecule has 0 saturated heterocycles. The van der Waals surface area contributed by atoms with Crippen molar-refractivity contribution < 1.29 is 4.79 Å². The van der Waals surface area contributed by atoms with Crippen LogP contribution in [-0.2, 0) is 0 Å². The quantitative estimate of drug-likeness (QED) is 0.659. The van der Waals surface area contributed by atoms with Crippen molar-refractivity contribution in [2.45, 2.75) is 0 Å². The number of rotatable bonds is 2. The van der Waals surface area contributed by atoms with Crippen molar-refractivity contribution >= 4 is 43.8 Å². The van der Waals surface area contributed by atoms with Crippen molar-refractivity contribution in [3.05, 3.63) is 58.8 Å². The molecule has 0 radical (unpaired) electrons. The first-order valence-electron chi connectivity index (χ1n) is 5.58. The van der Waals surface area contributed by atoms with E-state index in [1.807, 2.05) is 34.9 Å². The van der Waals surface area contributed by atoms with Crippen LogP contribution in [0.4, 0.5) is 0 Å². The summed E-state index contributed by atoms with van der Waals surface area (Å²) in [6, 6.07) is 13.2. The molecule has 3 rings (SSSR count). The van der Waals surface area contributed by atoms with Gasteiger partial charge in [-0.2, -0.15) is 0 Å². The highest BCUT2D eigenvalue weighted by molar-refractivity contribution is 9.10. The van der Waals surface area contributed by atoms with Crippen molar-refractivity contribution in [1.82, 2.24) is 9.55 Å². The SMILES string of the molecule is O=C(Cl)c1ccc2c(c1)ncn2-c1cccc(Br)c1. The average molecular weight is 336 g/mol. The van der Waals surface area contributed by atoms with Crippen molar-refractivity contribution in [2.75, 3.05) is 0 Å². The molecule has 1 heterocycles. The standard InChI is InChI=1S/C14H8BrClN2O/c15-10-2-1-3-11(7-10)18-8-17-12-6-9(14(16)19)4-5-13(12)18/h1-8H. The normalized spacial score (nSPS) is 10.8. The monoisotopic (exact) mass is 334 g/mol. The Bertz CT molecular complexity index is 782. The first-order valence-corrected chi connectivity index (χ1v) is 6.75. The minimum Gasteiger partial charge on any atom is -0.299 e. The van der Waals surface area contributed by atoms with Gasteiger partial charge in [0.05, 0.1) is 11.0 Å². The highest BCUT2D eigenvalue weighted by Gasteiger charge is 2.08. The van der Waals surface area contributed by atoms with Gasteiger partial charge < -0.3 is 0 Å². The maximum atomic E-state index is 11.1. The largest absolute Gasteiger partial charge is 0.299 e. The zero-order valence-corrected chi connectivity index (χ0v) is 12.0. The average Bonchev–Trinajstić information content (AvgIpc) is 2.81. The van der Waals surface area contributed by atoms with Crippen LogP contribution in [0.5, 0.6) is 0 Å². The van der Waals surface area contributed by atoms with Crippen molar-refractivity contribution in [2.24, 2.45) is 0 Å². The fraction of sp³-hybridized carbons (Fsp3) is 0. The Labute approximate surface area is 123 Å². The second-order valence-electron chi connectivity index (χ2n) is 4.07. The van der Waals surface area contributed by atoms with Crippen LogP contribution in [0.25, 0.3) is 16.7 Å². The molecule has 0 aliphatic carbocycles. The maximum Gasteiger partial charge on any atom is 0.252 e. The molecular formula is C14H8BrClN2O. The number of hydrogen-bond donors (Lipinski definition) is 0. The van der Waals surface area contributed by atoms with Crippen LogP contribution >= 0.6 is 27.5 Å². The van der Waals surface area contributed by atoms with E-state index in [0.29, 0.717) is 5.56 Å². The molecule has 0 spiro atoms. The molecule has 0 fully saturated rings. The summed E-state index contributed by atoms with van der Waals surface area (Å²) in [7, 11) is 0. The van der Waals surface area contributed by atoms with Gasteiger partial charge >= 0.3 is 0 Å². The van der Waals surface area contributed by atoms with Gasteiger partial charge in [-0.15, -0.1) is 0 Å². The van der Waals surface area contributed by atoms with Gasteiger partial charge in [-0.1, -0.05) is 22.0 Å². The van der Waals surface area contributed by atoms with Gasteiger partial charge in [0, 0.05) is 15.7 Å². The van der Waals surface area contributed by atoms with Crippen LogP contribution in [0.15, 0.2) is 53.3 Å². The summed E-state index contributed by atoms with van der Waals surface area (Å²) >= 11 is 8.92. The van der Waals surface area contributed by atoms with Crippen LogP contribution in [0, 0.1) is 0 Å². The fourth-order valence-electron chi connectivity index (χ4n) is 1.97. The van der Waals surface area contributed by atoms with Crippen LogP contribution in [0.1, 0.15) is 10.4 Å². The minimum absolute atomic E-state index is 0.452. The molecular weight excluding hydrogens is 328 g/mol. The van der Waals surface area contributed by atoms with Crippen LogP contribution < -0.4 is 0 Å². The number of aromatic nitrogens is 2. The number of carbonyl (C=O) groups excluding carboxylic acids is 1.